The highest BCUT2D eigenvalue weighted by Crippen LogP contribution is 2.12. The predicted molar refractivity (Wildman–Crippen MR) is 88.3 cm³/mol. The fraction of sp³-hybridized carbons (Fsp3) is 0.500. The van der Waals surface area contributed by atoms with Crippen LogP contribution in [0.15, 0.2) is 24.3 Å². The number of nitrogens with zero attached hydrogens (tertiary/aromatic N) is 3. The van der Waals surface area contributed by atoms with E-state index in [0.717, 1.165) is 0 Å². The molecule has 2 rings (SSSR count). The largest absolute Gasteiger partial charge is 0.351 e. The molecular weight excluding hydrogens is 336 g/mol. The number of non-ortho nitro benzene ring substituents is 1. The molecule has 0 radical (unpaired) electrons. The molecule has 0 unspecified atom stereocenters. The molecule has 1 N–H and O–H groups in total. The summed E-state index contributed by atoms with van der Waals surface area (Å²) in [6.45, 7) is 3.09. The molecule has 24 heavy (non-hydrogen) atoms. The highest BCUT2D eigenvalue weighted by molar-refractivity contribution is 7.88. The van der Waals surface area contributed by atoms with Crippen molar-refractivity contribution < 1.29 is 18.1 Å². The molecule has 1 aromatic rings. The van der Waals surface area contributed by atoms with Crippen molar-refractivity contribution in [2.24, 2.45) is 0 Å². The number of nitro groups is 1. The Hall–Kier alpha value is -2.04. The lowest BCUT2D eigenvalue weighted by Gasteiger charge is -2.33. The van der Waals surface area contributed by atoms with E-state index in [-0.39, 0.29) is 17.2 Å². The van der Waals surface area contributed by atoms with E-state index in [1.165, 1.54) is 34.8 Å². The fourth-order valence-electron chi connectivity index (χ4n) is 2.48. The average Bonchev–Trinajstić information content (AvgIpc) is 2.54. The molecular formula is C14H20N4O5S. The molecule has 1 heterocycles. The summed E-state index contributed by atoms with van der Waals surface area (Å²) in [5, 5.41) is 13.4. The molecule has 9 nitrogen and oxygen atoms in total. The van der Waals surface area contributed by atoms with Crippen molar-refractivity contribution in [3.63, 3.8) is 0 Å². The summed E-state index contributed by atoms with van der Waals surface area (Å²) in [4.78, 5) is 24.2. The van der Waals surface area contributed by atoms with E-state index >= 15 is 0 Å². The lowest BCUT2D eigenvalue weighted by molar-refractivity contribution is -0.384. The van der Waals surface area contributed by atoms with Crippen molar-refractivity contribution >= 4 is 21.6 Å². The first-order valence-corrected chi connectivity index (χ1v) is 9.32. The molecule has 0 bridgehead atoms. The minimum atomic E-state index is -3.15. The number of carbonyl (C=O) groups is 1. The van der Waals surface area contributed by atoms with Crippen LogP contribution < -0.4 is 5.32 Å². The molecule has 132 valence electrons. The second-order valence-electron chi connectivity index (χ2n) is 5.57. The first kappa shape index (κ1) is 18.3. The Morgan fingerprint density at radius 2 is 1.96 bits per heavy atom. The molecule has 0 aromatic heterocycles. The minimum absolute atomic E-state index is 0.125. The van der Waals surface area contributed by atoms with Gasteiger partial charge in [0.05, 0.1) is 11.2 Å². The molecule has 1 amide bonds. The first-order chi connectivity index (χ1) is 11.3. The second kappa shape index (κ2) is 7.69. The van der Waals surface area contributed by atoms with Gasteiger partial charge in [-0.1, -0.05) is 6.07 Å². The van der Waals surface area contributed by atoms with E-state index < -0.39 is 14.9 Å². The summed E-state index contributed by atoms with van der Waals surface area (Å²) in [5.74, 6) is -0.367. The number of nitrogens with one attached hydrogen (secondary N) is 1. The lowest BCUT2D eigenvalue weighted by Crippen LogP contribution is -2.49. The Labute approximate surface area is 140 Å². The monoisotopic (exact) mass is 356 g/mol. The van der Waals surface area contributed by atoms with Gasteiger partial charge in [0.15, 0.2) is 0 Å². The third-order valence-electron chi connectivity index (χ3n) is 3.83. The van der Waals surface area contributed by atoms with Gasteiger partial charge in [-0.25, -0.2) is 8.42 Å². The Bertz CT molecular complexity index is 714. The molecule has 0 aliphatic carbocycles. The number of rotatable bonds is 6. The summed E-state index contributed by atoms with van der Waals surface area (Å²) in [5.41, 5.74) is 0.116. The van der Waals surface area contributed by atoms with Gasteiger partial charge in [0, 0.05) is 57.0 Å². The smallest absolute Gasteiger partial charge is 0.270 e. The Kier molecular flexibility index (Phi) is 5.86. The minimum Gasteiger partial charge on any atom is -0.351 e. The topological polar surface area (TPSA) is 113 Å². The molecule has 1 aromatic carbocycles. The molecule has 0 spiro atoms. The number of sulfonamides is 1. The van der Waals surface area contributed by atoms with Crippen LogP contribution in [-0.2, 0) is 10.0 Å². The van der Waals surface area contributed by atoms with Crippen molar-refractivity contribution in [3.05, 3.63) is 39.9 Å². The van der Waals surface area contributed by atoms with Crippen molar-refractivity contribution in [1.29, 1.82) is 0 Å². The average molecular weight is 356 g/mol. The zero-order valence-corrected chi connectivity index (χ0v) is 14.2. The van der Waals surface area contributed by atoms with Crippen molar-refractivity contribution in [3.8, 4) is 0 Å². The van der Waals surface area contributed by atoms with Gasteiger partial charge < -0.3 is 5.32 Å². The van der Waals surface area contributed by atoms with Gasteiger partial charge in [-0.3, -0.25) is 19.8 Å². The van der Waals surface area contributed by atoms with E-state index in [9.17, 15) is 23.3 Å². The fourth-order valence-corrected chi connectivity index (χ4v) is 3.30. The number of hydrogen-bond donors (Lipinski definition) is 1. The van der Waals surface area contributed by atoms with Crippen molar-refractivity contribution in [2.45, 2.75) is 0 Å². The van der Waals surface area contributed by atoms with E-state index in [1.54, 1.807) is 0 Å². The molecule has 0 atom stereocenters. The molecule has 0 saturated carbocycles. The van der Waals surface area contributed by atoms with Gasteiger partial charge in [0.1, 0.15) is 0 Å². The van der Waals surface area contributed by atoms with Crippen LogP contribution >= 0.6 is 0 Å². The van der Waals surface area contributed by atoms with Crippen molar-refractivity contribution in [1.82, 2.24) is 14.5 Å². The highest BCUT2D eigenvalue weighted by Gasteiger charge is 2.23. The number of amides is 1. The number of carbonyl (C=O) groups excluding carboxylic acids is 1. The van der Waals surface area contributed by atoms with Gasteiger partial charge in [-0.2, -0.15) is 4.31 Å². The zero-order chi connectivity index (χ0) is 17.7. The SMILES string of the molecule is CS(=O)(=O)N1CCN(CCNC(=O)c2cccc([N+](=O)[O-])c2)CC1. The number of benzene rings is 1. The summed E-state index contributed by atoms with van der Waals surface area (Å²) in [7, 11) is -3.15. The predicted octanol–water partition coefficient (Wildman–Crippen LogP) is -0.0982. The normalized spacial score (nSPS) is 16.7. The molecule has 1 saturated heterocycles. The highest BCUT2D eigenvalue weighted by atomic mass is 32.2. The van der Waals surface area contributed by atoms with Crippen molar-refractivity contribution in [2.75, 3.05) is 45.5 Å². The van der Waals surface area contributed by atoms with E-state index in [4.69, 9.17) is 0 Å². The maximum absolute atomic E-state index is 12.0. The molecule has 10 heteroatoms. The van der Waals surface area contributed by atoms with Crippen LogP contribution in [0.1, 0.15) is 10.4 Å². The summed E-state index contributed by atoms with van der Waals surface area (Å²) in [6, 6.07) is 5.56. The third kappa shape index (κ3) is 4.98. The van der Waals surface area contributed by atoms with Crippen LogP contribution in [0.5, 0.6) is 0 Å². The van der Waals surface area contributed by atoms with Gasteiger partial charge in [-0.15, -0.1) is 0 Å². The maximum Gasteiger partial charge on any atom is 0.270 e. The van der Waals surface area contributed by atoms with Gasteiger partial charge in [0.25, 0.3) is 11.6 Å². The summed E-state index contributed by atoms with van der Waals surface area (Å²) < 4.78 is 24.3. The Morgan fingerprint density at radius 1 is 1.29 bits per heavy atom. The van der Waals surface area contributed by atoms with Crippen LogP contribution in [0.4, 0.5) is 5.69 Å². The maximum atomic E-state index is 12.0. The van der Waals surface area contributed by atoms with E-state index in [0.29, 0.717) is 39.3 Å². The molecule has 1 aliphatic heterocycles. The Morgan fingerprint density at radius 3 is 2.54 bits per heavy atom. The quantitative estimate of drug-likeness (QED) is 0.563. The van der Waals surface area contributed by atoms with E-state index in [2.05, 4.69) is 10.2 Å². The third-order valence-corrected chi connectivity index (χ3v) is 5.14. The van der Waals surface area contributed by atoms with Gasteiger partial charge in [-0.05, 0) is 6.07 Å². The summed E-state index contributed by atoms with van der Waals surface area (Å²) in [6.07, 6.45) is 1.20. The van der Waals surface area contributed by atoms with Gasteiger partial charge >= 0.3 is 0 Å². The van der Waals surface area contributed by atoms with Crippen LogP contribution in [0, 0.1) is 10.1 Å². The van der Waals surface area contributed by atoms with Crippen LogP contribution in [-0.4, -0.2) is 74.0 Å². The number of nitro benzene ring substituents is 1. The van der Waals surface area contributed by atoms with Gasteiger partial charge in [0.2, 0.25) is 10.0 Å². The summed E-state index contributed by atoms with van der Waals surface area (Å²) >= 11 is 0. The molecule has 1 aliphatic rings. The first-order valence-electron chi connectivity index (χ1n) is 7.47. The zero-order valence-electron chi connectivity index (χ0n) is 13.3. The number of hydrogen-bond acceptors (Lipinski definition) is 6. The second-order valence-corrected chi connectivity index (χ2v) is 7.55. The number of piperazine rings is 1. The van der Waals surface area contributed by atoms with Crippen LogP contribution in [0.25, 0.3) is 0 Å². The Balaban J connectivity index is 1.78. The lowest BCUT2D eigenvalue weighted by atomic mass is 10.2. The van der Waals surface area contributed by atoms with Crippen LogP contribution in [0.3, 0.4) is 0 Å². The van der Waals surface area contributed by atoms with E-state index in [1.807, 2.05) is 0 Å². The standard InChI is InChI=1S/C14H20N4O5S/c1-24(22,23)17-9-7-16(8-10-17)6-5-15-14(19)12-3-2-4-13(11-12)18(20)21/h2-4,11H,5-10H2,1H3,(H,15,19). The molecule has 1 fully saturated rings. The van der Waals surface area contributed by atoms with Crippen LogP contribution in [0.2, 0.25) is 0 Å².